The molecule has 3 rings (SSSR count). The zero-order valence-corrected chi connectivity index (χ0v) is 11.4. The average Bonchev–Trinajstić information content (AvgIpc) is 3.26. The van der Waals surface area contributed by atoms with Crippen LogP contribution in [-0.4, -0.2) is 34.7 Å². The first-order valence-electron chi connectivity index (χ1n) is 7.35. The summed E-state index contributed by atoms with van der Waals surface area (Å²) in [5.41, 5.74) is 1.03. The van der Waals surface area contributed by atoms with Gasteiger partial charge in [-0.05, 0) is 42.7 Å². The summed E-state index contributed by atoms with van der Waals surface area (Å²) in [6, 6.07) is 7.73. The van der Waals surface area contributed by atoms with Crippen LogP contribution >= 0.6 is 0 Å². The van der Waals surface area contributed by atoms with Crippen LogP contribution in [0.4, 0.5) is 0 Å². The summed E-state index contributed by atoms with van der Waals surface area (Å²) in [7, 11) is 0. The maximum atomic E-state index is 10.9. The molecule has 1 aliphatic carbocycles. The molecule has 2 fully saturated rings. The van der Waals surface area contributed by atoms with Gasteiger partial charge in [-0.1, -0.05) is 24.3 Å². The van der Waals surface area contributed by atoms with E-state index in [-0.39, 0.29) is 6.61 Å². The highest BCUT2D eigenvalue weighted by atomic mass is 16.3. The van der Waals surface area contributed by atoms with Gasteiger partial charge in [0.2, 0.25) is 0 Å². The number of benzene rings is 1. The zero-order valence-electron chi connectivity index (χ0n) is 11.4. The molecule has 0 unspecified atom stereocenters. The van der Waals surface area contributed by atoms with Gasteiger partial charge in [0.25, 0.3) is 0 Å². The predicted octanol–water partition coefficient (Wildman–Crippen LogP) is 1.87. The van der Waals surface area contributed by atoms with E-state index < -0.39 is 5.60 Å². The van der Waals surface area contributed by atoms with Gasteiger partial charge in [0.1, 0.15) is 0 Å². The van der Waals surface area contributed by atoms with E-state index in [1.54, 1.807) is 0 Å². The van der Waals surface area contributed by atoms with E-state index in [0.717, 1.165) is 43.0 Å². The van der Waals surface area contributed by atoms with Crippen molar-refractivity contribution < 1.29 is 10.2 Å². The molecule has 1 aromatic carbocycles. The Kier molecular flexibility index (Phi) is 3.61. The third-order valence-corrected chi connectivity index (χ3v) is 4.59. The highest BCUT2D eigenvalue weighted by molar-refractivity contribution is 5.32. The van der Waals surface area contributed by atoms with Crippen molar-refractivity contribution in [2.45, 2.75) is 37.9 Å². The summed E-state index contributed by atoms with van der Waals surface area (Å²) >= 11 is 0. The van der Waals surface area contributed by atoms with Gasteiger partial charge in [0.15, 0.2) is 0 Å². The Morgan fingerprint density at radius 2 is 1.84 bits per heavy atom. The first kappa shape index (κ1) is 13.1. The fraction of sp³-hybridized carbons (Fsp3) is 0.625. The summed E-state index contributed by atoms with van der Waals surface area (Å²) in [5.74, 6) is 0.913. The fourth-order valence-corrected chi connectivity index (χ4v) is 3.15. The van der Waals surface area contributed by atoms with Crippen LogP contribution in [0.3, 0.4) is 0 Å². The first-order valence-corrected chi connectivity index (χ1v) is 7.35. The van der Waals surface area contributed by atoms with Crippen LogP contribution in [0.15, 0.2) is 24.3 Å². The number of piperidine rings is 1. The van der Waals surface area contributed by atoms with Crippen molar-refractivity contribution in [2.75, 3.05) is 19.6 Å². The summed E-state index contributed by atoms with van der Waals surface area (Å²) in [6.07, 6.45) is 4.32. The van der Waals surface area contributed by atoms with Crippen molar-refractivity contribution in [1.29, 1.82) is 0 Å². The minimum atomic E-state index is -0.751. The van der Waals surface area contributed by atoms with E-state index in [4.69, 9.17) is 0 Å². The van der Waals surface area contributed by atoms with Crippen LogP contribution in [0, 0.1) is 5.92 Å². The molecule has 19 heavy (non-hydrogen) atoms. The van der Waals surface area contributed by atoms with Gasteiger partial charge in [0.05, 0.1) is 12.2 Å². The molecule has 0 bridgehead atoms. The van der Waals surface area contributed by atoms with Crippen LogP contribution in [-0.2, 0) is 12.2 Å². The van der Waals surface area contributed by atoms with Crippen molar-refractivity contribution in [2.24, 2.45) is 5.92 Å². The van der Waals surface area contributed by atoms with E-state index in [2.05, 4.69) is 4.90 Å². The Balaban J connectivity index is 1.70. The Bertz CT molecular complexity index is 434. The normalized spacial score (nSPS) is 23.5. The maximum Gasteiger partial charge on any atom is 0.0924 e. The lowest BCUT2D eigenvalue weighted by molar-refractivity contribution is -0.0280. The number of rotatable bonds is 4. The van der Waals surface area contributed by atoms with Gasteiger partial charge in [-0.3, -0.25) is 0 Å². The van der Waals surface area contributed by atoms with E-state index in [0.29, 0.717) is 0 Å². The van der Waals surface area contributed by atoms with Gasteiger partial charge in [-0.2, -0.15) is 0 Å². The average molecular weight is 261 g/mol. The Labute approximate surface area is 114 Å². The molecule has 3 heteroatoms. The molecule has 1 aliphatic heterocycles. The second kappa shape index (κ2) is 5.23. The van der Waals surface area contributed by atoms with Crippen LogP contribution in [0.1, 0.15) is 36.8 Å². The van der Waals surface area contributed by atoms with E-state index in [1.165, 1.54) is 19.4 Å². The fourth-order valence-electron chi connectivity index (χ4n) is 3.15. The summed E-state index contributed by atoms with van der Waals surface area (Å²) in [5, 5.41) is 20.3. The van der Waals surface area contributed by atoms with Crippen molar-refractivity contribution in [1.82, 2.24) is 4.90 Å². The number of nitrogens with zero attached hydrogens (tertiary/aromatic N) is 1. The Morgan fingerprint density at radius 1 is 1.16 bits per heavy atom. The lowest BCUT2D eigenvalue weighted by atomic mass is 9.82. The largest absolute Gasteiger partial charge is 0.392 e. The van der Waals surface area contributed by atoms with Gasteiger partial charge >= 0.3 is 0 Å². The molecule has 1 heterocycles. The monoisotopic (exact) mass is 261 g/mol. The van der Waals surface area contributed by atoms with Crippen LogP contribution in [0.5, 0.6) is 0 Å². The molecule has 2 N–H and O–H groups in total. The lowest BCUT2D eigenvalue weighted by Gasteiger charge is -2.39. The molecule has 0 atom stereocenters. The molecule has 1 saturated carbocycles. The van der Waals surface area contributed by atoms with Crippen LogP contribution in [0.25, 0.3) is 0 Å². The molecule has 0 aromatic heterocycles. The van der Waals surface area contributed by atoms with Crippen molar-refractivity contribution >= 4 is 0 Å². The third kappa shape index (κ3) is 2.83. The SMILES string of the molecule is OCc1ccccc1C1(O)CCN(CC2CC2)CC1. The number of hydrogen-bond acceptors (Lipinski definition) is 3. The molecular formula is C16H23NO2. The highest BCUT2D eigenvalue weighted by Gasteiger charge is 2.36. The zero-order chi connectivity index (χ0) is 13.3. The van der Waals surface area contributed by atoms with Crippen molar-refractivity contribution in [3.05, 3.63) is 35.4 Å². The van der Waals surface area contributed by atoms with Gasteiger partial charge in [0, 0.05) is 19.6 Å². The third-order valence-electron chi connectivity index (χ3n) is 4.59. The van der Waals surface area contributed by atoms with Gasteiger partial charge in [-0.25, -0.2) is 0 Å². The highest BCUT2D eigenvalue weighted by Crippen LogP contribution is 2.37. The van der Waals surface area contributed by atoms with E-state index in [9.17, 15) is 10.2 Å². The molecule has 0 radical (unpaired) electrons. The number of hydrogen-bond donors (Lipinski definition) is 2. The quantitative estimate of drug-likeness (QED) is 0.869. The van der Waals surface area contributed by atoms with Crippen LogP contribution < -0.4 is 0 Å². The molecule has 2 aliphatic rings. The minimum Gasteiger partial charge on any atom is -0.392 e. The molecule has 0 amide bonds. The maximum absolute atomic E-state index is 10.9. The molecule has 1 saturated heterocycles. The standard InChI is InChI=1S/C16H23NO2/c18-12-14-3-1-2-4-15(14)16(19)7-9-17(10-8-16)11-13-5-6-13/h1-4,13,18-19H,5-12H2. The number of aliphatic hydroxyl groups is 2. The number of aliphatic hydroxyl groups excluding tert-OH is 1. The minimum absolute atomic E-state index is 0.00424. The summed E-state index contributed by atoms with van der Waals surface area (Å²) < 4.78 is 0. The first-order chi connectivity index (χ1) is 9.21. The Morgan fingerprint density at radius 3 is 2.47 bits per heavy atom. The van der Waals surface area contributed by atoms with Crippen LogP contribution in [0.2, 0.25) is 0 Å². The summed E-state index contributed by atoms with van der Waals surface area (Å²) in [4.78, 5) is 2.48. The smallest absolute Gasteiger partial charge is 0.0924 e. The second-order valence-corrected chi connectivity index (χ2v) is 6.09. The Hall–Kier alpha value is -0.900. The number of likely N-dealkylation sites (tertiary alicyclic amines) is 1. The lowest BCUT2D eigenvalue weighted by Crippen LogP contribution is -2.43. The van der Waals surface area contributed by atoms with E-state index >= 15 is 0 Å². The van der Waals surface area contributed by atoms with Gasteiger partial charge < -0.3 is 15.1 Å². The predicted molar refractivity (Wildman–Crippen MR) is 74.7 cm³/mol. The molecule has 0 spiro atoms. The van der Waals surface area contributed by atoms with Gasteiger partial charge in [-0.15, -0.1) is 0 Å². The summed E-state index contributed by atoms with van der Waals surface area (Å²) in [6.45, 7) is 3.14. The topological polar surface area (TPSA) is 43.7 Å². The molecular weight excluding hydrogens is 238 g/mol. The van der Waals surface area contributed by atoms with E-state index in [1.807, 2.05) is 24.3 Å². The molecule has 1 aromatic rings. The molecule has 104 valence electrons. The van der Waals surface area contributed by atoms with Crippen molar-refractivity contribution in [3.63, 3.8) is 0 Å². The molecule has 3 nitrogen and oxygen atoms in total. The second-order valence-electron chi connectivity index (χ2n) is 6.09. The van der Waals surface area contributed by atoms with Crippen molar-refractivity contribution in [3.8, 4) is 0 Å².